The average molecular weight is 331 g/mol. The summed E-state index contributed by atoms with van der Waals surface area (Å²) in [6.07, 6.45) is 0. The number of hydrogen-bond donors (Lipinski definition) is 0. The first-order valence-electron chi connectivity index (χ1n) is 7.10. The van der Waals surface area contributed by atoms with E-state index in [1.54, 1.807) is 14.2 Å². The van der Waals surface area contributed by atoms with Crippen molar-refractivity contribution >= 4 is 24.2 Å². The van der Waals surface area contributed by atoms with Crippen molar-refractivity contribution in [1.29, 1.82) is 0 Å². The molecule has 0 spiro atoms. The summed E-state index contributed by atoms with van der Waals surface area (Å²) in [5.74, 6) is 1.61. The predicted octanol–water partition coefficient (Wildman–Crippen LogP) is 5.30. The Labute approximate surface area is 135 Å². The van der Waals surface area contributed by atoms with Crippen LogP contribution in [-0.2, 0) is 0 Å². The second kappa shape index (κ2) is 6.34. The molecule has 0 saturated heterocycles. The van der Waals surface area contributed by atoms with Crippen LogP contribution in [0.15, 0.2) is 18.2 Å². The number of methoxy groups -OCH3 is 2. The van der Waals surface area contributed by atoms with Gasteiger partial charge in [0.2, 0.25) is 0 Å². The first kappa shape index (κ1) is 18.6. The zero-order valence-corrected chi connectivity index (χ0v) is 16.1. The fraction of sp³-hybridized carbons (Fsp3) is 0.588. The van der Waals surface area contributed by atoms with Crippen LogP contribution >= 0.6 is 18.9 Å². The zero-order chi connectivity index (χ0) is 16.5. The molecule has 1 aromatic rings. The van der Waals surface area contributed by atoms with Crippen LogP contribution in [0.25, 0.3) is 0 Å². The topological polar surface area (TPSA) is 18.5 Å². The van der Waals surface area contributed by atoms with Gasteiger partial charge in [0.25, 0.3) is 0 Å². The van der Waals surface area contributed by atoms with Gasteiger partial charge in [-0.25, -0.2) is 0 Å². The van der Waals surface area contributed by atoms with Gasteiger partial charge in [-0.1, -0.05) is 12.9 Å². The molecular weight excluding hydrogens is 303 g/mol. The van der Waals surface area contributed by atoms with Gasteiger partial charge in [-0.2, -0.15) is 0 Å². The van der Waals surface area contributed by atoms with E-state index in [1.807, 2.05) is 11.7 Å². The van der Waals surface area contributed by atoms with Crippen LogP contribution in [0.1, 0.15) is 41.5 Å². The van der Waals surface area contributed by atoms with Crippen molar-refractivity contribution in [3.05, 3.63) is 23.8 Å². The van der Waals surface area contributed by atoms with E-state index in [4.69, 9.17) is 21.1 Å². The van der Waals surface area contributed by atoms with E-state index in [9.17, 15) is 0 Å². The second-order valence-corrected chi connectivity index (χ2v) is 12.7. The molecule has 21 heavy (non-hydrogen) atoms. The SMILES string of the molecule is COc1cc(OC)cc([P+]([CH-]Cl)(C(C)(C)C)C(C)(C)C)c1. The molecule has 4 heteroatoms. The van der Waals surface area contributed by atoms with Crippen molar-refractivity contribution in [3.63, 3.8) is 0 Å². The summed E-state index contributed by atoms with van der Waals surface area (Å²) < 4.78 is 10.9. The summed E-state index contributed by atoms with van der Waals surface area (Å²) in [6.45, 7) is 13.6. The number of ether oxygens (including phenoxy) is 2. The molecule has 1 rings (SSSR count). The minimum Gasteiger partial charge on any atom is -0.496 e. The van der Waals surface area contributed by atoms with Gasteiger partial charge in [0.1, 0.15) is 11.5 Å². The van der Waals surface area contributed by atoms with Gasteiger partial charge in [-0.15, -0.1) is 0 Å². The lowest BCUT2D eigenvalue weighted by Crippen LogP contribution is -2.39. The van der Waals surface area contributed by atoms with Crippen LogP contribution in [0.2, 0.25) is 0 Å². The molecule has 0 saturated carbocycles. The normalized spacial score (nSPS) is 13.2. The first-order chi connectivity index (χ1) is 9.53. The summed E-state index contributed by atoms with van der Waals surface area (Å²) in [5.41, 5.74) is 1.92. The maximum absolute atomic E-state index is 6.46. The van der Waals surface area contributed by atoms with Gasteiger partial charge in [0, 0.05) is 18.2 Å². The van der Waals surface area contributed by atoms with Crippen LogP contribution in [0, 0.1) is 5.62 Å². The fourth-order valence-corrected chi connectivity index (χ4v) is 10.1. The van der Waals surface area contributed by atoms with Crippen molar-refractivity contribution in [2.24, 2.45) is 0 Å². The minimum absolute atomic E-state index is 0.0460. The highest BCUT2D eigenvalue weighted by molar-refractivity contribution is 7.88. The van der Waals surface area contributed by atoms with E-state index in [-0.39, 0.29) is 10.3 Å². The first-order valence-corrected chi connectivity index (χ1v) is 9.40. The molecule has 0 aliphatic carbocycles. The van der Waals surface area contributed by atoms with E-state index >= 15 is 0 Å². The lowest BCUT2D eigenvalue weighted by Gasteiger charge is -2.52. The lowest BCUT2D eigenvalue weighted by atomic mass is 10.2. The molecular formula is C17H28ClO2P. The number of benzene rings is 1. The van der Waals surface area contributed by atoms with Gasteiger partial charge in [0.15, 0.2) is 0 Å². The Hall–Kier alpha value is -0.460. The van der Waals surface area contributed by atoms with Crippen LogP contribution in [0.3, 0.4) is 0 Å². The van der Waals surface area contributed by atoms with Crippen LogP contribution in [0.4, 0.5) is 0 Å². The third-order valence-corrected chi connectivity index (χ3v) is 10.5. The van der Waals surface area contributed by atoms with Gasteiger partial charge in [-0.05, 0) is 41.5 Å². The van der Waals surface area contributed by atoms with Crippen molar-refractivity contribution in [1.82, 2.24) is 0 Å². The van der Waals surface area contributed by atoms with Crippen LogP contribution in [-0.4, -0.2) is 24.5 Å². The minimum atomic E-state index is -1.80. The summed E-state index contributed by atoms with van der Waals surface area (Å²) in [6, 6.07) is 6.11. The predicted molar refractivity (Wildman–Crippen MR) is 95.8 cm³/mol. The quantitative estimate of drug-likeness (QED) is 0.550. The van der Waals surface area contributed by atoms with Crippen molar-refractivity contribution in [2.75, 3.05) is 14.2 Å². The Morgan fingerprint density at radius 2 is 1.24 bits per heavy atom. The molecule has 0 unspecified atom stereocenters. The lowest BCUT2D eigenvalue weighted by molar-refractivity contribution is 0.395. The maximum atomic E-state index is 6.46. The molecule has 0 radical (unpaired) electrons. The highest BCUT2D eigenvalue weighted by Crippen LogP contribution is 2.78. The van der Waals surface area contributed by atoms with E-state index in [1.165, 1.54) is 5.30 Å². The van der Waals surface area contributed by atoms with E-state index < -0.39 is 7.26 Å². The largest absolute Gasteiger partial charge is 0.496 e. The number of hydrogen-bond acceptors (Lipinski definition) is 2. The summed E-state index contributed by atoms with van der Waals surface area (Å²) in [7, 11) is 1.56. The van der Waals surface area contributed by atoms with Crippen molar-refractivity contribution < 1.29 is 9.47 Å². The summed E-state index contributed by atoms with van der Waals surface area (Å²) in [4.78, 5) is 0. The highest BCUT2D eigenvalue weighted by Gasteiger charge is 2.52. The Morgan fingerprint density at radius 3 is 1.48 bits per heavy atom. The number of halogens is 1. The fourth-order valence-electron chi connectivity index (χ4n) is 3.13. The van der Waals surface area contributed by atoms with Gasteiger partial charge in [0.05, 0.1) is 29.8 Å². The molecule has 0 heterocycles. The molecule has 2 nitrogen and oxygen atoms in total. The van der Waals surface area contributed by atoms with Crippen molar-refractivity contribution in [3.8, 4) is 11.5 Å². The molecule has 0 aliphatic heterocycles. The maximum Gasteiger partial charge on any atom is 0.126 e. The van der Waals surface area contributed by atoms with Gasteiger partial charge in [-0.3, -0.25) is 0 Å². The second-order valence-electron chi connectivity index (χ2n) is 7.23. The van der Waals surface area contributed by atoms with E-state index in [0.29, 0.717) is 0 Å². The summed E-state index contributed by atoms with van der Waals surface area (Å²) in [5, 5.41) is 1.31. The Balaban J connectivity index is 3.68. The molecule has 120 valence electrons. The molecule has 0 bridgehead atoms. The molecule has 1 aromatic carbocycles. The van der Waals surface area contributed by atoms with Crippen LogP contribution in [0.5, 0.6) is 11.5 Å². The van der Waals surface area contributed by atoms with Gasteiger partial charge >= 0.3 is 0 Å². The van der Waals surface area contributed by atoms with Gasteiger partial charge < -0.3 is 21.1 Å². The zero-order valence-electron chi connectivity index (χ0n) is 14.5. The Bertz CT molecular complexity index is 450. The van der Waals surface area contributed by atoms with E-state index in [0.717, 1.165) is 11.5 Å². The smallest absolute Gasteiger partial charge is 0.126 e. The Morgan fingerprint density at radius 1 is 0.857 bits per heavy atom. The molecule has 0 aliphatic rings. The Kier molecular flexibility index (Phi) is 5.61. The molecule has 0 amide bonds. The summed E-state index contributed by atoms with van der Waals surface area (Å²) >= 11 is 6.46. The van der Waals surface area contributed by atoms with Crippen LogP contribution < -0.4 is 14.8 Å². The van der Waals surface area contributed by atoms with E-state index in [2.05, 4.69) is 53.7 Å². The third kappa shape index (κ3) is 3.32. The standard InChI is InChI=1S/C17H28ClO2P/c1-16(2,3)21(12-18,17(4,5)6)15-10-13(19-7)9-14(11-15)20-8/h9-12H,1-8H3. The number of rotatable bonds is 4. The monoisotopic (exact) mass is 330 g/mol. The molecule has 0 atom stereocenters. The molecule has 0 N–H and O–H groups in total. The average Bonchev–Trinajstić information content (AvgIpc) is 2.36. The highest BCUT2D eigenvalue weighted by atomic mass is 35.5. The van der Waals surface area contributed by atoms with Crippen molar-refractivity contribution in [2.45, 2.75) is 51.9 Å². The third-order valence-electron chi connectivity index (χ3n) is 4.01. The molecule has 0 fully saturated rings. The molecule has 0 aromatic heterocycles.